The fourth-order valence-corrected chi connectivity index (χ4v) is 6.43. The van der Waals surface area contributed by atoms with Crippen LogP contribution < -0.4 is 10.6 Å². The Bertz CT molecular complexity index is 2530. The van der Waals surface area contributed by atoms with Crippen molar-refractivity contribution in [1.82, 2.24) is 25.6 Å². The van der Waals surface area contributed by atoms with E-state index in [1.54, 1.807) is 6.92 Å². The highest BCUT2D eigenvalue weighted by Crippen LogP contribution is 2.19. The summed E-state index contributed by atoms with van der Waals surface area (Å²) in [5.41, 5.74) is 0.738. The number of alkyl halides is 2. The van der Waals surface area contributed by atoms with Gasteiger partial charge in [0.05, 0.1) is 32.2 Å². The number of hydrogen-bond acceptors (Lipinski definition) is 20. The number of sulfone groups is 1. The number of carbonyl (C=O) groups is 14. The number of rotatable bonds is 15. The number of hydrogen-bond donors (Lipinski definition) is 2. The lowest BCUT2D eigenvalue weighted by molar-refractivity contribution is -0.197. The first-order valence-electron chi connectivity index (χ1n) is 20.6. The lowest BCUT2D eigenvalue weighted by Gasteiger charge is -2.12. The third kappa shape index (κ3) is 20.3. The number of benzene rings is 2. The van der Waals surface area contributed by atoms with Crippen LogP contribution in [0.15, 0.2) is 65.4 Å². The van der Waals surface area contributed by atoms with Gasteiger partial charge in [-0.25, -0.2) is 27.6 Å². The Balaban J connectivity index is 0.000000965. The Morgan fingerprint density at radius 1 is 0.581 bits per heavy atom. The van der Waals surface area contributed by atoms with Gasteiger partial charge >= 0.3 is 23.9 Å². The molecular formula is C45H54BrIN6O20S. The van der Waals surface area contributed by atoms with Crippen LogP contribution in [0.2, 0.25) is 0 Å². The van der Waals surface area contributed by atoms with Gasteiger partial charge in [-0.3, -0.25) is 47.9 Å². The minimum Gasteiger partial charge on any atom is -0.355 e. The van der Waals surface area contributed by atoms with E-state index in [2.05, 4.69) is 42.8 Å². The van der Waals surface area contributed by atoms with E-state index in [4.69, 9.17) is 9.68 Å². The molecule has 0 bridgehead atoms. The largest absolute Gasteiger partial charge is 0.363 e. The molecule has 0 atom stereocenters. The van der Waals surface area contributed by atoms with Crippen molar-refractivity contribution < 1.29 is 94.9 Å². The molecule has 4 saturated heterocycles. The molecule has 0 saturated carbocycles. The van der Waals surface area contributed by atoms with Gasteiger partial charge in [0.25, 0.3) is 47.3 Å². The van der Waals surface area contributed by atoms with Gasteiger partial charge in [-0.05, 0) is 48.5 Å². The van der Waals surface area contributed by atoms with Gasteiger partial charge in [0.15, 0.2) is 9.84 Å². The quantitative estimate of drug-likeness (QED) is 0.146. The van der Waals surface area contributed by atoms with Crippen LogP contribution in [-0.4, -0.2) is 128 Å². The number of hydroxylamine groups is 8. The number of imide groups is 4. The molecule has 2 aromatic rings. The van der Waals surface area contributed by atoms with Gasteiger partial charge in [0.2, 0.25) is 11.8 Å². The van der Waals surface area contributed by atoms with Gasteiger partial charge in [-0.2, -0.15) is 0 Å². The maximum atomic E-state index is 11.8. The average molecular weight is 1240 g/mol. The molecule has 4 aliphatic rings. The summed E-state index contributed by atoms with van der Waals surface area (Å²) < 4.78 is 23.4. The predicted octanol–water partition coefficient (Wildman–Crippen LogP) is 3.51. The van der Waals surface area contributed by atoms with Crippen LogP contribution in [0.1, 0.15) is 114 Å². The molecule has 6 rings (SSSR count). The Hall–Kier alpha value is -7.28. The highest BCUT2D eigenvalue weighted by Gasteiger charge is 2.36. The molecule has 4 fully saturated rings. The predicted molar refractivity (Wildman–Crippen MR) is 267 cm³/mol. The lowest BCUT2D eigenvalue weighted by Crippen LogP contribution is -2.34. The molecule has 0 radical (unpaired) electrons. The smallest absolute Gasteiger partial charge is 0.355 e. The second-order valence-corrected chi connectivity index (χ2v) is 17.3. The Morgan fingerprint density at radius 2 is 0.919 bits per heavy atom. The van der Waals surface area contributed by atoms with E-state index in [0.717, 1.165) is 5.41 Å². The zero-order valence-electron chi connectivity index (χ0n) is 37.2. The maximum absolute atomic E-state index is 11.8. The van der Waals surface area contributed by atoms with Gasteiger partial charge in [-0.1, -0.05) is 74.3 Å². The summed E-state index contributed by atoms with van der Waals surface area (Å²) in [6.07, 6.45) is 0.545. The summed E-state index contributed by atoms with van der Waals surface area (Å²) in [6.45, 7) is 4.88. The molecule has 26 nitrogen and oxygen atoms in total. The highest BCUT2D eigenvalue weighted by atomic mass is 127. The van der Waals surface area contributed by atoms with E-state index >= 15 is 0 Å². The molecule has 2 aromatic carbocycles. The van der Waals surface area contributed by atoms with Crippen LogP contribution in [0.5, 0.6) is 0 Å². The Kier molecular flexibility index (Phi) is 28.9. The summed E-state index contributed by atoms with van der Waals surface area (Å²) >= 11 is 4.88. The summed E-state index contributed by atoms with van der Waals surface area (Å²) in [4.78, 5) is 175. The van der Waals surface area contributed by atoms with E-state index in [-0.39, 0.29) is 126 Å². The van der Waals surface area contributed by atoms with E-state index in [1.165, 1.54) is 48.5 Å². The number of amides is 10. The molecule has 404 valence electrons. The van der Waals surface area contributed by atoms with Crippen molar-refractivity contribution in [3.63, 3.8) is 0 Å². The molecule has 0 spiro atoms. The van der Waals surface area contributed by atoms with Crippen LogP contribution in [0.3, 0.4) is 0 Å². The Labute approximate surface area is 446 Å². The maximum Gasteiger partial charge on any atom is 0.363 e. The summed E-state index contributed by atoms with van der Waals surface area (Å²) in [5, 5.41) is 7.95. The fraction of sp³-hybridized carbons (Fsp3) is 0.378. The van der Waals surface area contributed by atoms with Crippen molar-refractivity contribution in [3.8, 4) is 0 Å². The second kappa shape index (κ2) is 32.0. The average Bonchev–Trinajstić information content (AvgIpc) is 4.07. The molecule has 10 amide bonds. The highest BCUT2D eigenvalue weighted by molar-refractivity contribution is 14.1. The normalized spacial score (nSPS) is 14.5. The number of halogens is 2. The third-order valence-corrected chi connectivity index (χ3v) is 11.6. The van der Waals surface area contributed by atoms with Crippen LogP contribution in [-0.2, 0) is 86.7 Å². The first kappa shape index (κ1) is 66.7. The molecule has 29 heteroatoms. The Morgan fingerprint density at radius 3 is 1.24 bits per heavy atom. The van der Waals surface area contributed by atoms with Crippen molar-refractivity contribution in [2.45, 2.75) is 98.3 Å². The monoisotopic (exact) mass is 1240 g/mol. The molecule has 74 heavy (non-hydrogen) atoms. The lowest BCUT2D eigenvalue weighted by atomic mass is 10.2. The summed E-state index contributed by atoms with van der Waals surface area (Å²) in [5.74, 6) is -7.58. The molecular weight excluding hydrogens is 1180 g/mol. The summed E-state index contributed by atoms with van der Waals surface area (Å²) in [6, 6.07) is 10.8. The first-order chi connectivity index (χ1) is 33.5. The van der Waals surface area contributed by atoms with Crippen LogP contribution >= 0.6 is 38.5 Å². The number of anilines is 1. The van der Waals surface area contributed by atoms with Crippen molar-refractivity contribution >= 4 is 137 Å². The van der Waals surface area contributed by atoms with E-state index in [0.29, 0.717) is 30.4 Å². The molecule has 4 heterocycles. The van der Waals surface area contributed by atoms with Crippen molar-refractivity contribution in [3.05, 3.63) is 71.6 Å². The summed E-state index contributed by atoms with van der Waals surface area (Å²) in [7, 11) is -3.59. The van der Waals surface area contributed by atoms with Crippen molar-refractivity contribution in [2.24, 2.45) is 0 Å². The van der Waals surface area contributed by atoms with E-state index in [1.807, 2.05) is 22.6 Å². The number of carbonyl (C=O) groups excluding carboxylic acids is 14. The standard InChI is InChI=1S/C13H11IN2O5.C13H11NO6S.C9H11BrN2O5.C7H9NO4.3CH4/c14-7-10(17)15-9-3-1-8(2-4-9)13(20)21-16-11(18)5-6-12(16)19;1-2-21(18,19)10-5-3-9(4-6-10)13(17)20-14-11(15)7-8-12(14)16;10-5-6(13)11-4-3-9(16)17-12-7(14)1-2-8(12)15;1-2-7(11)12-8-5(9)3-4-6(8)10;;;/h1-4H,5-7H2,(H,15,17);2-6H,1,7-8H2;1-5H2,(H,11,13);2-4H2,1H3;3*1H4. The molecule has 0 aliphatic carbocycles. The zero-order valence-corrected chi connectivity index (χ0v) is 41.8. The molecule has 2 N–H and O–H groups in total. The topological polar surface area (TPSA) is 347 Å². The molecule has 0 unspecified atom stereocenters. The van der Waals surface area contributed by atoms with Gasteiger partial charge < -0.3 is 30.0 Å². The van der Waals surface area contributed by atoms with Gasteiger partial charge in [0, 0.05) is 75.4 Å². The fourth-order valence-electron chi connectivity index (χ4n) is 5.33. The third-order valence-electron chi connectivity index (χ3n) is 8.98. The SMILES string of the molecule is C.C.C.C=CS(=O)(=O)c1ccc(C(=O)ON2C(=O)CCC2=O)cc1.CCC(=O)ON1C(=O)CCC1=O.O=C(CBr)NCCC(=O)ON1C(=O)CCC1=O.O=C(CI)Nc1ccc(C(=O)ON2C(=O)CCC2=O)cc1. The minimum absolute atomic E-state index is 0. The van der Waals surface area contributed by atoms with Crippen molar-refractivity contribution in [2.75, 3.05) is 21.6 Å². The van der Waals surface area contributed by atoms with Crippen molar-refractivity contribution in [1.29, 1.82) is 0 Å². The first-order valence-corrected chi connectivity index (χ1v) is 24.8. The second-order valence-electron chi connectivity index (χ2n) is 14.1. The molecule has 0 aromatic heterocycles. The minimum atomic E-state index is -3.59. The number of nitrogens with zero attached hydrogens (tertiary/aromatic N) is 4. The number of nitrogens with one attached hydrogen (secondary N) is 2. The van der Waals surface area contributed by atoms with Crippen LogP contribution in [0.4, 0.5) is 5.69 Å². The van der Waals surface area contributed by atoms with Crippen LogP contribution in [0, 0.1) is 0 Å². The zero-order chi connectivity index (χ0) is 53.0. The van der Waals surface area contributed by atoms with E-state index < -0.39 is 81.0 Å². The molecule has 4 aliphatic heterocycles. The van der Waals surface area contributed by atoms with E-state index in [9.17, 15) is 75.5 Å². The van der Waals surface area contributed by atoms with Gasteiger partial charge in [0.1, 0.15) is 0 Å². The van der Waals surface area contributed by atoms with Gasteiger partial charge in [-0.15, -0.1) is 20.3 Å². The van der Waals surface area contributed by atoms with Crippen LogP contribution in [0.25, 0.3) is 0 Å².